The molecule has 156 valence electrons. The number of nitrogens with one attached hydrogen (secondary N) is 1. The Morgan fingerprint density at radius 2 is 1.86 bits per heavy atom. The van der Waals surface area contributed by atoms with Crippen molar-refractivity contribution >= 4 is 5.96 Å². The van der Waals surface area contributed by atoms with E-state index in [1.165, 1.54) is 0 Å². The van der Waals surface area contributed by atoms with E-state index in [0.717, 1.165) is 34.5 Å². The van der Waals surface area contributed by atoms with E-state index in [4.69, 9.17) is 23.7 Å². The van der Waals surface area contributed by atoms with E-state index in [1.807, 2.05) is 48.3 Å². The number of methoxy groups -OCH3 is 2. The molecule has 1 heterocycles. The van der Waals surface area contributed by atoms with Crippen LogP contribution in [0.5, 0.6) is 28.7 Å². The molecule has 0 amide bonds. The van der Waals surface area contributed by atoms with Crippen molar-refractivity contribution in [2.75, 3.05) is 48.3 Å². The Kier molecular flexibility index (Phi) is 6.89. The predicted molar refractivity (Wildman–Crippen MR) is 110 cm³/mol. The summed E-state index contributed by atoms with van der Waals surface area (Å²) in [5, 5.41) is 3.30. The van der Waals surface area contributed by atoms with Gasteiger partial charge in [-0.05, 0) is 24.3 Å². The number of fused-ring (bicyclic) bond motifs is 1. The Morgan fingerprint density at radius 3 is 2.62 bits per heavy atom. The topological polar surface area (TPSA) is 73.8 Å². The first-order chi connectivity index (χ1) is 14.1. The molecular formula is C21H27N3O5. The number of benzene rings is 2. The van der Waals surface area contributed by atoms with Crippen molar-refractivity contribution in [1.29, 1.82) is 0 Å². The lowest BCUT2D eigenvalue weighted by Crippen LogP contribution is -2.40. The summed E-state index contributed by atoms with van der Waals surface area (Å²) >= 11 is 0. The number of guanidine groups is 1. The maximum absolute atomic E-state index is 5.78. The van der Waals surface area contributed by atoms with Crippen LogP contribution in [-0.4, -0.2) is 59.1 Å². The summed E-state index contributed by atoms with van der Waals surface area (Å²) in [5.41, 5.74) is 1.04. The van der Waals surface area contributed by atoms with Gasteiger partial charge in [0.1, 0.15) is 23.9 Å². The molecule has 1 aliphatic rings. The Bertz CT molecular complexity index is 856. The molecular weight excluding hydrogens is 374 g/mol. The zero-order chi connectivity index (χ0) is 20.6. The molecule has 0 spiro atoms. The molecule has 0 fully saturated rings. The van der Waals surface area contributed by atoms with Crippen LogP contribution in [-0.2, 0) is 6.54 Å². The molecule has 0 atom stereocenters. The highest BCUT2D eigenvalue weighted by Crippen LogP contribution is 2.35. The first-order valence-electron chi connectivity index (χ1n) is 9.29. The minimum absolute atomic E-state index is 0.252. The van der Waals surface area contributed by atoms with Crippen LogP contribution in [0.1, 0.15) is 5.56 Å². The second-order valence-electron chi connectivity index (χ2n) is 6.37. The van der Waals surface area contributed by atoms with Gasteiger partial charge in [0.05, 0.1) is 20.8 Å². The van der Waals surface area contributed by atoms with Crippen LogP contribution in [0.3, 0.4) is 0 Å². The number of rotatable bonds is 8. The van der Waals surface area contributed by atoms with Crippen molar-refractivity contribution in [2.24, 2.45) is 4.99 Å². The fourth-order valence-electron chi connectivity index (χ4n) is 3.00. The fourth-order valence-corrected chi connectivity index (χ4v) is 3.00. The summed E-state index contributed by atoms with van der Waals surface area (Å²) in [7, 11) is 7.01. The highest BCUT2D eigenvalue weighted by Gasteiger charge is 2.14. The third-order valence-electron chi connectivity index (χ3n) is 4.47. The van der Waals surface area contributed by atoms with Crippen LogP contribution in [0.2, 0.25) is 0 Å². The molecule has 29 heavy (non-hydrogen) atoms. The lowest BCUT2D eigenvalue weighted by Gasteiger charge is -2.23. The predicted octanol–water partition coefficient (Wildman–Crippen LogP) is 2.52. The quantitative estimate of drug-likeness (QED) is 0.414. The first-order valence-corrected chi connectivity index (χ1v) is 9.29. The lowest BCUT2D eigenvalue weighted by atomic mass is 10.2. The molecule has 1 N–H and O–H groups in total. The first kappa shape index (κ1) is 20.4. The zero-order valence-electron chi connectivity index (χ0n) is 17.2. The second-order valence-corrected chi connectivity index (χ2v) is 6.37. The number of hydrogen-bond acceptors (Lipinski definition) is 6. The molecule has 0 saturated heterocycles. The van der Waals surface area contributed by atoms with Crippen molar-refractivity contribution in [2.45, 2.75) is 6.54 Å². The monoisotopic (exact) mass is 401 g/mol. The van der Waals surface area contributed by atoms with Crippen molar-refractivity contribution in [3.8, 4) is 28.7 Å². The number of ether oxygens (including phenoxy) is 5. The van der Waals surface area contributed by atoms with Gasteiger partial charge in [-0.15, -0.1) is 0 Å². The molecule has 0 radical (unpaired) electrons. The summed E-state index contributed by atoms with van der Waals surface area (Å²) < 4.78 is 27.2. The van der Waals surface area contributed by atoms with Gasteiger partial charge in [0.25, 0.3) is 0 Å². The molecule has 2 aromatic rings. The molecule has 0 aliphatic carbocycles. The summed E-state index contributed by atoms with van der Waals surface area (Å²) in [6, 6.07) is 11.3. The van der Waals surface area contributed by atoms with E-state index in [2.05, 4.69) is 10.3 Å². The molecule has 8 heteroatoms. The van der Waals surface area contributed by atoms with Crippen LogP contribution < -0.4 is 29.0 Å². The Balaban J connectivity index is 1.49. The van der Waals surface area contributed by atoms with E-state index in [0.29, 0.717) is 25.4 Å². The third kappa shape index (κ3) is 5.16. The molecule has 0 saturated carbocycles. The maximum atomic E-state index is 5.78. The van der Waals surface area contributed by atoms with Crippen LogP contribution in [0.4, 0.5) is 0 Å². The van der Waals surface area contributed by atoms with Crippen molar-refractivity contribution < 1.29 is 23.7 Å². The zero-order valence-corrected chi connectivity index (χ0v) is 17.2. The largest absolute Gasteiger partial charge is 0.497 e. The average molecular weight is 401 g/mol. The second kappa shape index (κ2) is 9.77. The summed E-state index contributed by atoms with van der Waals surface area (Å²) in [5.74, 6) is 4.49. The van der Waals surface area contributed by atoms with Crippen LogP contribution in [0.25, 0.3) is 0 Å². The Morgan fingerprint density at radius 1 is 1.07 bits per heavy atom. The van der Waals surface area contributed by atoms with Crippen molar-refractivity contribution in [1.82, 2.24) is 10.2 Å². The van der Waals surface area contributed by atoms with Crippen LogP contribution in [0, 0.1) is 0 Å². The lowest BCUT2D eigenvalue weighted by molar-refractivity contribution is 0.173. The maximum Gasteiger partial charge on any atom is 0.231 e. The van der Waals surface area contributed by atoms with Gasteiger partial charge in [-0.3, -0.25) is 4.99 Å². The van der Waals surface area contributed by atoms with E-state index < -0.39 is 0 Å². The standard InChI is InChI=1S/C21H27N3O5/c1-22-21(24(2)13-15-5-6-16(25-3)11-19(15)26-4)23-9-10-27-17-7-8-18-20(12-17)29-14-28-18/h5-8,11-12H,9-10,13-14H2,1-4H3,(H,22,23). The molecule has 0 aromatic heterocycles. The van der Waals surface area contributed by atoms with Crippen LogP contribution in [0.15, 0.2) is 41.4 Å². The molecule has 0 unspecified atom stereocenters. The third-order valence-corrected chi connectivity index (χ3v) is 4.47. The Labute approximate surface area is 171 Å². The normalized spacial score (nSPS) is 12.5. The average Bonchev–Trinajstić information content (AvgIpc) is 3.21. The summed E-state index contributed by atoms with van der Waals surface area (Å²) in [6.45, 7) is 1.97. The summed E-state index contributed by atoms with van der Waals surface area (Å²) in [6.07, 6.45) is 0. The summed E-state index contributed by atoms with van der Waals surface area (Å²) in [4.78, 5) is 6.36. The highest BCUT2D eigenvalue weighted by molar-refractivity contribution is 5.79. The van der Waals surface area contributed by atoms with Crippen molar-refractivity contribution in [3.63, 3.8) is 0 Å². The highest BCUT2D eigenvalue weighted by atomic mass is 16.7. The molecule has 8 nitrogen and oxygen atoms in total. The minimum atomic E-state index is 0.252. The SMILES string of the molecule is CN=C(NCCOc1ccc2c(c1)OCO2)N(C)Cc1ccc(OC)cc1OC. The molecule has 2 aromatic carbocycles. The van der Waals surface area contributed by atoms with Gasteiger partial charge >= 0.3 is 0 Å². The molecule has 3 rings (SSSR count). The van der Waals surface area contributed by atoms with E-state index >= 15 is 0 Å². The number of nitrogens with zero attached hydrogens (tertiary/aromatic N) is 2. The van der Waals surface area contributed by atoms with Gasteiger partial charge in [-0.1, -0.05) is 0 Å². The van der Waals surface area contributed by atoms with Gasteiger partial charge in [-0.2, -0.15) is 0 Å². The van der Waals surface area contributed by atoms with E-state index in [9.17, 15) is 0 Å². The van der Waals surface area contributed by atoms with Gasteiger partial charge in [0.15, 0.2) is 17.5 Å². The number of aliphatic imine (C=N–C) groups is 1. The molecule has 0 bridgehead atoms. The van der Waals surface area contributed by atoms with Gasteiger partial charge in [0.2, 0.25) is 6.79 Å². The Hall–Kier alpha value is -3.29. The van der Waals surface area contributed by atoms with E-state index in [1.54, 1.807) is 21.3 Å². The smallest absolute Gasteiger partial charge is 0.231 e. The van der Waals surface area contributed by atoms with Gasteiger partial charge < -0.3 is 33.9 Å². The molecule has 1 aliphatic heterocycles. The minimum Gasteiger partial charge on any atom is -0.497 e. The van der Waals surface area contributed by atoms with E-state index in [-0.39, 0.29) is 6.79 Å². The van der Waals surface area contributed by atoms with Gasteiger partial charge in [0, 0.05) is 38.3 Å². The van der Waals surface area contributed by atoms with Crippen molar-refractivity contribution in [3.05, 3.63) is 42.0 Å². The fraction of sp³-hybridized carbons (Fsp3) is 0.381. The van der Waals surface area contributed by atoms with Crippen LogP contribution >= 0.6 is 0 Å². The number of hydrogen-bond donors (Lipinski definition) is 1. The van der Waals surface area contributed by atoms with Gasteiger partial charge in [-0.25, -0.2) is 0 Å².